The fourth-order valence-corrected chi connectivity index (χ4v) is 2.22. The van der Waals surface area contributed by atoms with Crippen molar-refractivity contribution in [2.24, 2.45) is 0 Å². The Bertz CT molecular complexity index is 658. The van der Waals surface area contributed by atoms with Crippen LogP contribution in [0.2, 0.25) is 5.02 Å². The topological polar surface area (TPSA) is 62.1 Å². The van der Waals surface area contributed by atoms with Gasteiger partial charge in [-0.2, -0.15) is 5.10 Å². The first-order valence-corrected chi connectivity index (χ1v) is 7.04. The number of hydrogen-bond donors (Lipinski definition) is 0. The number of aromatic nitrogens is 4. The summed E-state index contributed by atoms with van der Waals surface area (Å²) in [6, 6.07) is 0. The maximum atomic E-state index is 6.07. The van der Waals surface area contributed by atoms with Gasteiger partial charge in [-0.3, -0.25) is 0 Å². The van der Waals surface area contributed by atoms with Crippen LogP contribution in [0.4, 0.5) is 0 Å². The first-order chi connectivity index (χ1) is 9.80. The predicted octanol–water partition coefficient (Wildman–Crippen LogP) is 1.61. The normalized spacial score (nSPS) is 20.0. The minimum absolute atomic E-state index is 0.383. The van der Waals surface area contributed by atoms with Crippen molar-refractivity contribution in [1.29, 1.82) is 0 Å². The summed E-state index contributed by atoms with van der Waals surface area (Å²) in [7, 11) is -0.454. The van der Waals surface area contributed by atoms with Gasteiger partial charge in [0.15, 0.2) is 5.82 Å². The molecule has 0 saturated carbocycles. The highest BCUT2D eigenvalue weighted by Crippen LogP contribution is 2.36. The molecular formula is C13H16BClN4O2. The van der Waals surface area contributed by atoms with Crippen molar-refractivity contribution >= 4 is 24.2 Å². The van der Waals surface area contributed by atoms with E-state index in [9.17, 15) is 0 Å². The Labute approximate surface area is 128 Å². The van der Waals surface area contributed by atoms with E-state index in [2.05, 4.69) is 15.1 Å². The Morgan fingerprint density at radius 2 is 1.81 bits per heavy atom. The highest BCUT2D eigenvalue weighted by molar-refractivity contribution is 6.62. The zero-order valence-electron chi connectivity index (χ0n) is 12.4. The van der Waals surface area contributed by atoms with Gasteiger partial charge in [0.1, 0.15) is 11.3 Å². The molecular weight excluding hydrogens is 290 g/mol. The molecule has 3 rings (SSSR count). The second kappa shape index (κ2) is 4.79. The van der Waals surface area contributed by atoms with E-state index in [1.807, 2.05) is 27.7 Å². The second-order valence-electron chi connectivity index (χ2n) is 6.00. The van der Waals surface area contributed by atoms with Gasteiger partial charge in [0.2, 0.25) is 0 Å². The third-order valence-corrected chi connectivity index (χ3v) is 4.26. The summed E-state index contributed by atoms with van der Waals surface area (Å²) in [4.78, 5) is 7.98. The lowest BCUT2D eigenvalue weighted by Gasteiger charge is -2.32. The zero-order valence-corrected chi connectivity index (χ0v) is 13.1. The Balaban J connectivity index is 1.89. The van der Waals surface area contributed by atoms with Crippen molar-refractivity contribution in [3.8, 4) is 5.82 Å². The molecule has 8 heteroatoms. The van der Waals surface area contributed by atoms with Crippen LogP contribution < -0.4 is 5.46 Å². The number of hydrogen-bond acceptors (Lipinski definition) is 5. The maximum Gasteiger partial charge on any atom is 0.498 e. The smallest absolute Gasteiger partial charge is 0.399 e. The number of halogens is 1. The van der Waals surface area contributed by atoms with Crippen LogP contribution >= 0.6 is 11.6 Å². The molecule has 21 heavy (non-hydrogen) atoms. The van der Waals surface area contributed by atoms with Gasteiger partial charge in [-0.25, -0.2) is 14.6 Å². The molecule has 0 spiro atoms. The highest BCUT2D eigenvalue weighted by Gasteiger charge is 2.52. The van der Waals surface area contributed by atoms with E-state index in [1.165, 1.54) is 12.5 Å². The van der Waals surface area contributed by atoms with Gasteiger partial charge in [-0.05, 0) is 27.7 Å². The molecule has 110 valence electrons. The van der Waals surface area contributed by atoms with E-state index >= 15 is 0 Å². The third-order valence-electron chi connectivity index (χ3n) is 3.99. The summed E-state index contributed by atoms with van der Waals surface area (Å²) in [6.07, 6.45) is 6.45. The molecule has 1 fully saturated rings. The quantitative estimate of drug-likeness (QED) is 0.789. The van der Waals surface area contributed by atoms with Gasteiger partial charge in [-0.1, -0.05) is 11.6 Å². The molecule has 0 bridgehead atoms. The van der Waals surface area contributed by atoms with Gasteiger partial charge in [0, 0.05) is 17.9 Å². The minimum Gasteiger partial charge on any atom is -0.399 e. The van der Waals surface area contributed by atoms with E-state index in [4.69, 9.17) is 20.9 Å². The summed E-state index contributed by atoms with van der Waals surface area (Å²) in [5.74, 6) is 0.523. The van der Waals surface area contributed by atoms with Crippen LogP contribution in [-0.2, 0) is 9.31 Å². The molecule has 6 nitrogen and oxygen atoms in total. The highest BCUT2D eigenvalue weighted by atomic mass is 35.5. The molecule has 2 aromatic rings. The lowest BCUT2D eigenvalue weighted by Crippen LogP contribution is -2.41. The maximum absolute atomic E-state index is 6.07. The molecule has 0 N–H and O–H groups in total. The fourth-order valence-electron chi connectivity index (χ4n) is 2.03. The largest absolute Gasteiger partial charge is 0.498 e. The molecule has 0 radical (unpaired) electrons. The molecule has 1 saturated heterocycles. The van der Waals surface area contributed by atoms with Crippen molar-refractivity contribution in [1.82, 2.24) is 19.7 Å². The standard InChI is InChI=1S/C13H16BClN4O2/c1-12(2)13(3,4)21-14(20-12)9-5-18-19(7-9)11-10(15)6-16-8-17-11/h5-8H,1-4H3. The fraction of sp³-hybridized carbons (Fsp3) is 0.462. The molecule has 0 amide bonds. The van der Waals surface area contributed by atoms with Crippen molar-refractivity contribution in [3.05, 3.63) is 29.9 Å². The van der Waals surface area contributed by atoms with Crippen molar-refractivity contribution in [3.63, 3.8) is 0 Å². The lowest BCUT2D eigenvalue weighted by atomic mass is 9.82. The Hall–Kier alpha value is -1.44. The summed E-state index contributed by atoms with van der Waals surface area (Å²) >= 11 is 6.07. The summed E-state index contributed by atoms with van der Waals surface area (Å²) < 4.78 is 13.6. The van der Waals surface area contributed by atoms with Crippen molar-refractivity contribution < 1.29 is 9.31 Å². The SMILES string of the molecule is CC1(C)OB(c2cnn(-c3ncncc3Cl)c2)OC1(C)C. The summed E-state index contributed by atoms with van der Waals surface area (Å²) in [6.45, 7) is 8.05. The summed E-state index contributed by atoms with van der Waals surface area (Å²) in [5.41, 5.74) is 0.0573. The average molecular weight is 307 g/mol. The lowest BCUT2D eigenvalue weighted by molar-refractivity contribution is 0.00578. The number of nitrogens with zero attached hydrogens (tertiary/aromatic N) is 4. The monoisotopic (exact) mass is 306 g/mol. The average Bonchev–Trinajstić information content (AvgIpc) is 2.94. The van der Waals surface area contributed by atoms with Crippen LogP contribution in [0.15, 0.2) is 24.9 Å². The molecule has 0 unspecified atom stereocenters. The van der Waals surface area contributed by atoms with Crippen molar-refractivity contribution in [2.75, 3.05) is 0 Å². The first-order valence-electron chi connectivity index (χ1n) is 6.66. The van der Waals surface area contributed by atoms with Crippen LogP contribution in [0.25, 0.3) is 5.82 Å². The molecule has 1 aliphatic heterocycles. The van der Waals surface area contributed by atoms with E-state index in [0.717, 1.165) is 5.46 Å². The Morgan fingerprint density at radius 1 is 1.14 bits per heavy atom. The molecule has 0 aliphatic carbocycles. The van der Waals surface area contributed by atoms with Gasteiger partial charge < -0.3 is 9.31 Å². The van der Waals surface area contributed by atoms with E-state index in [-0.39, 0.29) is 11.2 Å². The summed E-state index contributed by atoms with van der Waals surface area (Å²) in [5, 5.41) is 4.70. The second-order valence-corrected chi connectivity index (χ2v) is 6.41. The molecule has 2 aromatic heterocycles. The zero-order chi connectivity index (χ0) is 15.3. The molecule has 0 aromatic carbocycles. The van der Waals surface area contributed by atoms with Gasteiger partial charge in [-0.15, -0.1) is 0 Å². The Morgan fingerprint density at radius 3 is 2.43 bits per heavy atom. The molecule has 1 aliphatic rings. The van der Waals surface area contributed by atoms with E-state index in [0.29, 0.717) is 10.8 Å². The molecule has 0 atom stereocenters. The van der Waals surface area contributed by atoms with Gasteiger partial charge in [0.05, 0.1) is 17.4 Å². The van der Waals surface area contributed by atoms with Gasteiger partial charge in [0.25, 0.3) is 0 Å². The van der Waals surface area contributed by atoms with Crippen LogP contribution in [0.5, 0.6) is 0 Å². The number of rotatable bonds is 2. The molecule has 3 heterocycles. The van der Waals surface area contributed by atoms with E-state index in [1.54, 1.807) is 17.1 Å². The predicted molar refractivity (Wildman–Crippen MR) is 79.9 cm³/mol. The first kappa shape index (κ1) is 14.5. The van der Waals surface area contributed by atoms with Gasteiger partial charge >= 0.3 is 7.12 Å². The van der Waals surface area contributed by atoms with Crippen LogP contribution in [-0.4, -0.2) is 38.1 Å². The van der Waals surface area contributed by atoms with Crippen LogP contribution in [0.3, 0.4) is 0 Å². The Kier molecular flexibility index (Phi) is 3.31. The van der Waals surface area contributed by atoms with Crippen molar-refractivity contribution in [2.45, 2.75) is 38.9 Å². The van der Waals surface area contributed by atoms with Crippen LogP contribution in [0, 0.1) is 0 Å². The minimum atomic E-state index is -0.454. The van der Waals surface area contributed by atoms with E-state index < -0.39 is 7.12 Å². The third kappa shape index (κ3) is 2.45. The van der Waals surface area contributed by atoms with Crippen LogP contribution in [0.1, 0.15) is 27.7 Å².